The highest BCUT2D eigenvalue weighted by molar-refractivity contribution is 5.86. The second-order valence-corrected chi connectivity index (χ2v) is 5.25. The van der Waals surface area contributed by atoms with Gasteiger partial charge in [0.1, 0.15) is 35.6 Å². The van der Waals surface area contributed by atoms with E-state index in [0.29, 0.717) is 11.6 Å². The number of rotatable bonds is 0. The van der Waals surface area contributed by atoms with Crippen molar-refractivity contribution in [1.29, 1.82) is 0 Å². The minimum Gasteiger partial charge on any atom is -0.383 e. The molecule has 4 rings (SSSR count). The summed E-state index contributed by atoms with van der Waals surface area (Å²) in [5, 5.41) is 1.82. The average Bonchev–Trinajstić information content (AvgIpc) is 3.24. The summed E-state index contributed by atoms with van der Waals surface area (Å²) in [4.78, 5) is 15.9. The number of allylic oxidation sites excluding steroid dienone is 1. The first-order valence-corrected chi connectivity index (χ1v) is 8.59. The molecule has 0 radical (unpaired) electrons. The van der Waals surface area contributed by atoms with E-state index >= 15 is 0 Å². The SMILES string of the molecule is C=CC.CC.Cn1ccc2c(N)ncnc21.Cn1ccc2c(N)ncnc21. The molecule has 4 heterocycles. The van der Waals surface area contributed by atoms with Crippen LogP contribution in [0.1, 0.15) is 20.8 Å². The van der Waals surface area contributed by atoms with E-state index in [1.54, 1.807) is 6.08 Å². The Bertz CT molecular complexity index is 906. The number of anilines is 2. The van der Waals surface area contributed by atoms with Gasteiger partial charge >= 0.3 is 0 Å². The average molecular weight is 368 g/mol. The van der Waals surface area contributed by atoms with Gasteiger partial charge in [0.05, 0.1) is 10.8 Å². The molecule has 0 spiro atoms. The lowest BCUT2D eigenvalue weighted by molar-refractivity contribution is 0.944. The second-order valence-electron chi connectivity index (χ2n) is 5.25. The zero-order chi connectivity index (χ0) is 20.4. The molecular weight excluding hydrogens is 340 g/mol. The van der Waals surface area contributed by atoms with E-state index in [-0.39, 0.29) is 0 Å². The fourth-order valence-electron chi connectivity index (χ4n) is 2.19. The highest BCUT2D eigenvalue weighted by atomic mass is 15.0. The van der Waals surface area contributed by atoms with E-state index in [9.17, 15) is 0 Å². The molecule has 4 N–H and O–H groups in total. The van der Waals surface area contributed by atoms with Crippen molar-refractivity contribution in [2.45, 2.75) is 20.8 Å². The van der Waals surface area contributed by atoms with E-state index in [1.807, 2.05) is 68.5 Å². The van der Waals surface area contributed by atoms with Crippen LogP contribution < -0.4 is 11.5 Å². The number of nitrogen functional groups attached to an aromatic ring is 2. The largest absolute Gasteiger partial charge is 0.383 e. The maximum atomic E-state index is 5.61. The van der Waals surface area contributed by atoms with E-state index in [0.717, 1.165) is 22.1 Å². The highest BCUT2D eigenvalue weighted by Gasteiger charge is 2.02. The molecule has 0 saturated heterocycles. The quantitative estimate of drug-likeness (QED) is 0.460. The van der Waals surface area contributed by atoms with Crippen LogP contribution in [-0.2, 0) is 14.1 Å². The van der Waals surface area contributed by atoms with Crippen LogP contribution in [0.25, 0.3) is 22.1 Å². The first-order valence-electron chi connectivity index (χ1n) is 8.59. The lowest BCUT2D eigenvalue weighted by Crippen LogP contribution is -1.93. The maximum Gasteiger partial charge on any atom is 0.145 e. The Hall–Kier alpha value is -3.42. The Kier molecular flexibility index (Phi) is 8.44. The predicted molar refractivity (Wildman–Crippen MR) is 113 cm³/mol. The third-order valence-corrected chi connectivity index (χ3v) is 3.39. The molecular formula is C19H28N8. The Morgan fingerprint density at radius 1 is 0.815 bits per heavy atom. The van der Waals surface area contributed by atoms with Crippen LogP contribution in [0, 0.1) is 0 Å². The summed E-state index contributed by atoms with van der Waals surface area (Å²) in [6.07, 6.45) is 8.51. The topological polar surface area (TPSA) is 113 Å². The van der Waals surface area contributed by atoms with Gasteiger partial charge in [-0.1, -0.05) is 19.9 Å². The Morgan fingerprint density at radius 3 is 1.44 bits per heavy atom. The number of aromatic nitrogens is 6. The van der Waals surface area contributed by atoms with Crippen molar-refractivity contribution in [1.82, 2.24) is 29.1 Å². The Balaban J connectivity index is 0.000000219. The lowest BCUT2D eigenvalue weighted by Gasteiger charge is -1.94. The minimum atomic E-state index is 0.538. The van der Waals surface area contributed by atoms with E-state index in [2.05, 4.69) is 26.5 Å². The third-order valence-electron chi connectivity index (χ3n) is 3.39. The summed E-state index contributed by atoms with van der Waals surface area (Å²) in [5.41, 5.74) is 13.0. The van der Waals surface area contributed by atoms with Crippen LogP contribution in [-0.4, -0.2) is 29.1 Å². The number of nitrogens with two attached hydrogens (primary N) is 2. The van der Waals surface area contributed by atoms with Gasteiger partial charge in [0.15, 0.2) is 0 Å². The molecule has 0 aliphatic heterocycles. The number of fused-ring (bicyclic) bond motifs is 2. The molecule has 8 nitrogen and oxygen atoms in total. The monoisotopic (exact) mass is 368 g/mol. The molecule has 8 heteroatoms. The van der Waals surface area contributed by atoms with Crippen molar-refractivity contribution in [3.05, 3.63) is 49.8 Å². The van der Waals surface area contributed by atoms with Gasteiger partial charge in [0, 0.05) is 26.5 Å². The Labute approximate surface area is 159 Å². The molecule has 4 aromatic rings. The lowest BCUT2D eigenvalue weighted by atomic mass is 10.4. The van der Waals surface area contributed by atoms with Crippen LogP contribution in [0.2, 0.25) is 0 Å². The van der Waals surface area contributed by atoms with Crippen LogP contribution in [0.15, 0.2) is 49.8 Å². The van der Waals surface area contributed by atoms with Gasteiger partial charge in [-0.25, -0.2) is 19.9 Å². The molecule has 0 bridgehead atoms. The third kappa shape index (κ3) is 5.27. The molecule has 0 unspecified atom stereocenters. The van der Waals surface area contributed by atoms with Crippen molar-refractivity contribution in [3.8, 4) is 0 Å². The van der Waals surface area contributed by atoms with Crippen LogP contribution in [0.4, 0.5) is 11.6 Å². The van der Waals surface area contributed by atoms with Gasteiger partial charge in [-0.2, -0.15) is 0 Å². The van der Waals surface area contributed by atoms with Crippen molar-refractivity contribution < 1.29 is 0 Å². The zero-order valence-electron chi connectivity index (χ0n) is 16.6. The van der Waals surface area contributed by atoms with Crippen molar-refractivity contribution >= 4 is 33.7 Å². The molecule has 0 saturated carbocycles. The summed E-state index contributed by atoms with van der Waals surface area (Å²) in [7, 11) is 3.85. The van der Waals surface area contributed by atoms with Gasteiger partial charge in [0.2, 0.25) is 0 Å². The van der Waals surface area contributed by atoms with E-state index < -0.39 is 0 Å². The number of aryl methyl sites for hydroxylation is 2. The van der Waals surface area contributed by atoms with E-state index in [1.165, 1.54) is 12.7 Å². The smallest absolute Gasteiger partial charge is 0.145 e. The van der Waals surface area contributed by atoms with Gasteiger partial charge in [-0.05, 0) is 19.1 Å². The van der Waals surface area contributed by atoms with Gasteiger partial charge < -0.3 is 20.6 Å². The first kappa shape index (κ1) is 21.6. The zero-order valence-corrected chi connectivity index (χ0v) is 16.6. The summed E-state index contributed by atoms with van der Waals surface area (Å²) >= 11 is 0. The van der Waals surface area contributed by atoms with Crippen LogP contribution in [0.5, 0.6) is 0 Å². The summed E-state index contributed by atoms with van der Waals surface area (Å²) in [6, 6.07) is 3.81. The molecule has 0 atom stereocenters. The fourth-order valence-corrected chi connectivity index (χ4v) is 2.19. The van der Waals surface area contributed by atoms with Gasteiger partial charge in [-0.3, -0.25) is 0 Å². The first-order chi connectivity index (χ1) is 13.0. The minimum absolute atomic E-state index is 0.538. The second kappa shape index (κ2) is 10.5. The highest BCUT2D eigenvalue weighted by Crippen LogP contribution is 2.16. The molecule has 0 aliphatic carbocycles. The van der Waals surface area contributed by atoms with Crippen LogP contribution in [0.3, 0.4) is 0 Å². The maximum absolute atomic E-state index is 5.61. The van der Waals surface area contributed by atoms with E-state index in [4.69, 9.17) is 11.5 Å². The number of nitrogens with zero attached hydrogens (tertiary/aromatic N) is 6. The van der Waals surface area contributed by atoms with Crippen molar-refractivity contribution in [3.63, 3.8) is 0 Å². The predicted octanol–water partition coefficient (Wildman–Crippen LogP) is 3.32. The molecule has 144 valence electrons. The summed E-state index contributed by atoms with van der Waals surface area (Å²) in [6.45, 7) is 9.25. The van der Waals surface area contributed by atoms with Gasteiger partial charge in [-0.15, -0.1) is 6.58 Å². The fraction of sp³-hybridized carbons (Fsp3) is 0.263. The van der Waals surface area contributed by atoms with Crippen molar-refractivity contribution in [2.24, 2.45) is 14.1 Å². The van der Waals surface area contributed by atoms with Crippen molar-refractivity contribution in [2.75, 3.05) is 11.5 Å². The number of hydrogen-bond donors (Lipinski definition) is 2. The van der Waals surface area contributed by atoms with Crippen LogP contribution >= 0.6 is 0 Å². The Morgan fingerprint density at radius 2 is 1.15 bits per heavy atom. The standard InChI is InChI=1S/2C7H8N4.C3H6.C2H6/c2*1-11-3-2-5-6(8)9-4-10-7(5)11;1-3-2;1-2/h2*2-4H,1H3,(H2,8,9,10);3H,1H2,2H3;1-2H3. The molecule has 4 aromatic heterocycles. The molecule has 0 fully saturated rings. The molecule has 27 heavy (non-hydrogen) atoms. The normalized spacial score (nSPS) is 9.37. The summed E-state index contributed by atoms with van der Waals surface area (Å²) in [5.74, 6) is 1.08. The van der Waals surface area contributed by atoms with Gasteiger partial charge in [0.25, 0.3) is 0 Å². The summed E-state index contributed by atoms with van der Waals surface area (Å²) < 4.78 is 3.82. The molecule has 0 amide bonds. The molecule has 0 aliphatic rings. The molecule has 0 aromatic carbocycles. The number of hydrogen-bond acceptors (Lipinski definition) is 6.